The fourth-order valence-electron chi connectivity index (χ4n) is 1.04. The van der Waals surface area contributed by atoms with Crippen molar-refractivity contribution in [2.24, 2.45) is 0 Å². The first-order chi connectivity index (χ1) is 4.84. The third-order valence-electron chi connectivity index (χ3n) is 1.58. The molecular formula is C9H13Cl2STi. The summed E-state index contributed by atoms with van der Waals surface area (Å²) in [6.07, 6.45) is 8.70. The molecule has 1 radical (unpaired) electrons. The molecule has 0 amide bonds. The Morgan fingerprint density at radius 1 is 1.54 bits per heavy atom. The van der Waals surface area contributed by atoms with Crippen molar-refractivity contribution in [3.8, 4) is 0 Å². The summed E-state index contributed by atoms with van der Waals surface area (Å²) in [5, 5.41) is 0.642. The minimum Gasteiger partial charge on any atom is -1.00 e. The normalized spacial score (nSPS) is 14.8. The van der Waals surface area contributed by atoms with Crippen LogP contribution in [0.1, 0.15) is 20.3 Å². The number of thioether (sulfide) groups is 1. The van der Waals surface area contributed by atoms with Gasteiger partial charge in [-0.05, 0) is 11.0 Å². The Morgan fingerprint density at radius 3 is 2.54 bits per heavy atom. The summed E-state index contributed by atoms with van der Waals surface area (Å²) in [6.45, 7) is 4.44. The summed E-state index contributed by atoms with van der Waals surface area (Å²) >= 11 is 1.98. The predicted octanol–water partition coefficient (Wildman–Crippen LogP) is -3.18. The minimum atomic E-state index is 0. The Morgan fingerprint density at radius 2 is 2.15 bits per heavy atom. The summed E-state index contributed by atoms with van der Waals surface area (Å²) in [7, 11) is 0. The van der Waals surface area contributed by atoms with Gasteiger partial charge in [-0.15, -0.1) is 6.42 Å². The van der Waals surface area contributed by atoms with E-state index in [0.29, 0.717) is 5.25 Å². The van der Waals surface area contributed by atoms with Crippen LogP contribution in [-0.4, -0.2) is 11.0 Å². The number of hydrogen-bond donors (Lipinski definition) is 0. The largest absolute Gasteiger partial charge is 3.00 e. The van der Waals surface area contributed by atoms with E-state index < -0.39 is 0 Å². The molecule has 73 valence electrons. The van der Waals surface area contributed by atoms with Crippen LogP contribution in [0.4, 0.5) is 0 Å². The molecule has 0 N–H and O–H groups in total. The van der Waals surface area contributed by atoms with E-state index in [0.717, 1.165) is 6.42 Å². The third kappa shape index (κ3) is 7.10. The summed E-state index contributed by atoms with van der Waals surface area (Å²) in [5.41, 5.74) is 1.38. The van der Waals surface area contributed by atoms with Gasteiger partial charge in [0.15, 0.2) is 0 Å². The molecule has 1 unspecified atom stereocenters. The van der Waals surface area contributed by atoms with E-state index in [2.05, 4.69) is 32.1 Å². The topological polar surface area (TPSA) is 0 Å². The second-order valence-corrected chi connectivity index (χ2v) is 3.95. The quantitative estimate of drug-likeness (QED) is 0.386. The summed E-state index contributed by atoms with van der Waals surface area (Å²) in [6, 6.07) is 0. The van der Waals surface area contributed by atoms with Crippen molar-refractivity contribution in [1.29, 1.82) is 0 Å². The minimum absolute atomic E-state index is 0. The van der Waals surface area contributed by atoms with Crippen LogP contribution < -0.4 is 24.8 Å². The average Bonchev–Trinajstić information content (AvgIpc) is 2.38. The molecule has 0 bridgehead atoms. The van der Waals surface area contributed by atoms with Crippen molar-refractivity contribution in [3.63, 3.8) is 0 Å². The molecule has 0 nitrogen and oxygen atoms in total. The van der Waals surface area contributed by atoms with Gasteiger partial charge in [-0.1, -0.05) is 13.8 Å². The Balaban J connectivity index is -0.000000333. The van der Waals surface area contributed by atoms with E-state index in [4.69, 9.17) is 0 Å². The second-order valence-electron chi connectivity index (χ2n) is 2.34. The average molecular weight is 272 g/mol. The Labute approximate surface area is 113 Å². The standard InChI is InChI=1S/C9H13S.2ClH.Ti/c1-3-10-8(2)9-6-4-5-7-9;;;/h4,6,8H,3,5H2,1-2H3;2*1H;/q-1;;;+3/p-2. The van der Waals surface area contributed by atoms with Crippen molar-refractivity contribution >= 4 is 11.8 Å². The molecule has 1 aliphatic rings. The molecule has 0 aromatic rings. The van der Waals surface area contributed by atoms with Crippen LogP contribution >= 0.6 is 11.8 Å². The third-order valence-corrected chi connectivity index (χ3v) is 2.66. The molecule has 0 aromatic carbocycles. The predicted molar refractivity (Wildman–Crippen MR) is 48.1 cm³/mol. The van der Waals surface area contributed by atoms with Crippen molar-refractivity contribution in [1.82, 2.24) is 0 Å². The number of halogens is 2. The fraction of sp³-hybridized carbons (Fsp3) is 0.556. The zero-order valence-corrected chi connectivity index (χ0v) is 11.7. The van der Waals surface area contributed by atoms with Crippen molar-refractivity contribution in [2.75, 3.05) is 5.75 Å². The van der Waals surface area contributed by atoms with Gasteiger partial charge >= 0.3 is 21.7 Å². The molecule has 0 saturated heterocycles. The molecule has 0 saturated carbocycles. The molecule has 13 heavy (non-hydrogen) atoms. The van der Waals surface area contributed by atoms with Gasteiger partial charge in [-0.25, -0.2) is 11.6 Å². The number of hydrogen-bond acceptors (Lipinski definition) is 1. The van der Waals surface area contributed by atoms with Crippen LogP contribution in [-0.2, 0) is 21.7 Å². The van der Waals surface area contributed by atoms with Crippen molar-refractivity contribution < 1.29 is 46.5 Å². The van der Waals surface area contributed by atoms with Gasteiger partial charge in [0.1, 0.15) is 0 Å². The van der Waals surface area contributed by atoms with Crippen LogP contribution in [0.3, 0.4) is 0 Å². The Bertz CT molecular complexity index is 169. The van der Waals surface area contributed by atoms with Crippen LogP contribution in [0.15, 0.2) is 17.7 Å². The monoisotopic (exact) mass is 271 g/mol. The van der Waals surface area contributed by atoms with Gasteiger partial charge < -0.3 is 24.8 Å². The Kier molecular flexibility index (Phi) is 16.9. The number of rotatable bonds is 3. The van der Waals surface area contributed by atoms with Crippen LogP contribution in [0.2, 0.25) is 0 Å². The first-order valence-corrected chi connectivity index (χ1v) is 4.78. The van der Waals surface area contributed by atoms with Gasteiger partial charge in [-0.2, -0.15) is 17.8 Å². The second kappa shape index (κ2) is 11.2. The van der Waals surface area contributed by atoms with E-state index in [9.17, 15) is 0 Å². The van der Waals surface area contributed by atoms with Crippen molar-refractivity contribution in [3.05, 3.63) is 23.8 Å². The first kappa shape index (κ1) is 19.7. The summed E-state index contributed by atoms with van der Waals surface area (Å²) in [5.74, 6) is 1.19. The van der Waals surface area contributed by atoms with E-state index in [1.54, 1.807) is 0 Å². The van der Waals surface area contributed by atoms with Gasteiger partial charge in [0.2, 0.25) is 0 Å². The van der Waals surface area contributed by atoms with E-state index in [1.807, 2.05) is 11.8 Å². The Hall–Kier alpha value is 1.12. The fourth-order valence-corrected chi connectivity index (χ4v) is 1.88. The summed E-state index contributed by atoms with van der Waals surface area (Å²) < 4.78 is 0. The van der Waals surface area contributed by atoms with Gasteiger partial charge in [0, 0.05) is 0 Å². The zero-order chi connectivity index (χ0) is 7.40. The summed E-state index contributed by atoms with van der Waals surface area (Å²) in [4.78, 5) is 0. The van der Waals surface area contributed by atoms with E-state index >= 15 is 0 Å². The smallest absolute Gasteiger partial charge is 1.00 e. The molecule has 4 heteroatoms. The molecule has 0 aliphatic heterocycles. The van der Waals surface area contributed by atoms with Gasteiger partial charge in [-0.3, -0.25) is 6.08 Å². The molecule has 0 spiro atoms. The SMILES string of the molecule is CCSC(C)C1=[C-]CC=C1.[Cl-].[Cl-].[Ti+3]. The van der Waals surface area contributed by atoms with Crippen LogP contribution in [0.5, 0.6) is 0 Å². The van der Waals surface area contributed by atoms with E-state index in [1.165, 1.54) is 11.3 Å². The molecule has 1 rings (SSSR count). The molecule has 0 heterocycles. The maximum absolute atomic E-state index is 3.33. The molecule has 0 aromatic heterocycles. The van der Waals surface area contributed by atoms with Gasteiger partial charge in [0.25, 0.3) is 0 Å². The number of allylic oxidation sites excluding steroid dienone is 3. The zero-order valence-electron chi connectivity index (χ0n) is 7.81. The van der Waals surface area contributed by atoms with Gasteiger partial charge in [0.05, 0.1) is 0 Å². The van der Waals surface area contributed by atoms with Crippen LogP contribution in [0.25, 0.3) is 0 Å². The maximum Gasteiger partial charge on any atom is 3.00 e. The molecular weight excluding hydrogens is 259 g/mol. The van der Waals surface area contributed by atoms with E-state index in [-0.39, 0.29) is 46.5 Å². The molecule has 1 aliphatic carbocycles. The molecule has 0 fully saturated rings. The van der Waals surface area contributed by atoms with Crippen molar-refractivity contribution in [2.45, 2.75) is 25.5 Å². The van der Waals surface area contributed by atoms with Crippen LogP contribution in [0, 0.1) is 6.08 Å². The maximum atomic E-state index is 3.33. The molecule has 1 atom stereocenters. The first-order valence-electron chi connectivity index (χ1n) is 3.73.